The lowest BCUT2D eigenvalue weighted by Gasteiger charge is -2.11. The summed E-state index contributed by atoms with van der Waals surface area (Å²) in [5.74, 6) is 0.690. The van der Waals surface area contributed by atoms with E-state index in [4.69, 9.17) is 26.1 Å². The Morgan fingerprint density at radius 3 is 2.52 bits per heavy atom. The van der Waals surface area contributed by atoms with Gasteiger partial charge in [0.05, 0.1) is 19.4 Å². The number of carbonyl (C=O) groups is 2. The number of rotatable bonds is 10. The zero-order chi connectivity index (χ0) is 23.5. The van der Waals surface area contributed by atoms with E-state index in [0.29, 0.717) is 48.1 Å². The highest BCUT2D eigenvalue weighted by Gasteiger charge is 2.10. The van der Waals surface area contributed by atoms with Gasteiger partial charge in [-0.05, 0) is 73.7 Å². The van der Waals surface area contributed by atoms with Gasteiger partial charge in [0, 0.05) is 23.4 Å². The Balaban J connectivity index is 1.49. The van der Waals surface area contributed by atoms with Crippen molar-refractivity contribution in [3.05, 3.63) is 83.8 Å². The van der Waals surface area contributed by atoms with Gasteiger partial charge in [-0.15, -0.1) is 0 Å². The van der Waals surface area contributed by atoms with Gasteiger partial charge in [0.25, 0.3) is 11.8 Å². The lowest BCUT2D eigenvalue weighted by atomic mass is 10.2. The zero-order valence-electron chi connectivity index (χ0n) is 18.1. The Bertz CT molecular complexity index is 1070. The van der Waals surface area contributed by atoms with Crippen LogP contribution in [0, 0.1) is 0 Å². The van der Waals surface area contributed by atoms with Crippen LogP contribution in [0.3, 0.4) is 0 Å². The van der Waals surface area contributed by atoms with E-state index in [1.54, 1.807) is 66.9 Å². The Labute approximate surface area is 197 Å². The number of furan rings is 1. The molecule has 0 saturated carbocycles. The van der Waals surface area contributed by atoms with E-state index in [1.807, 2.05) is 6.92 Å². The van der Waals surface area contributed by atoms with Gasteiger partial charge in [-0.1, -0.05) is 6.07 Å². The van der Waals surface area contributed by atoms with Crippen LogP contribution in [-0.2, 0) is 11.3 Å². The monoisotopic (exact) mass is 467 g/mol. The van der Waals surface area contributed by atoms with Gasteiger partial charge < -0.3 is 24.5 Å². The Hall–Kier alpha value is -3.69. The fourth-order valence-corrected chi connectivity index (χ4v) is 3.03. The second kappa shape index (κ2) is 12.4. The molecule has 3 rings (SSSR count). The number of hydrogen-bond acceptors (Lipinski definition) is 6. The normalized spacial score (nSPS) is 10.3. The predicted octanol–water partition coefficient (Wildman–Crippen LogP) is 3.75. The zero-order valence-corrected chi connectivity index (χ0v) is 18.9. The quantitative estimate of drug-likeness (QED) is 0.308. The molecule has 9 heteroatoms. The maximum Gasteiger partial charge on any atom is 0.257 e. The van der Waals surface area contributed by atoms with Crippen LogP contribution in [0.5, 0.6) is 5.75 Å². The summed E-state index contributed by atoms with van der Waals surface area (Å²) >= 11 is 5.24. The first-order valence-electron chi connectivity index (χ1n) is 10.4. The van der Waals surface area contributed by atoms with Crippen LogP contribution < -0.4 is 20.7 Å². The fourth-order valence-electron chi connectivity index (χ4n) is 2.82. The molecule has 0 radical (unpaired) electrons. The van der Waals surface area contributed by atoms with E-state index in [1.165, 1.54) is 0 Å². The van der Waals surface area contributed by atoms with Gasteiger partial charge in [-0.3, -0.25) is 14.9 Å². The third-order valence-corrected chi connectivity index (χ3v) is 4.63. The van der Waals surface area contributed by atoms with Crippen molar-refractivity contribution in [1.82, 2.24) is 10.6 Å². The van der Waals surface area contributed by atoms with Gasteiger partial charge in [0.1, 0.15) is 18.1 Å². The summed E-state index contributed by atoms with van der Waals surface area (Å²) in [5, 5.41) is 8.44. The second-order valence-electron chi connectivity index (χ2n) is 6.82. The second-order valence-corrected chi connectivity index (χ2v) is 7.23. The largest absolute Gasteiger partial charge is 0.491 e. The molecule has 0 spiro atoms. The summed E-state index contributed by atoms with van der Waals surface area (Å²) in [6.45, 7) is 3.79. The molecule has 3 N–H and O–H groups in total. The number of benzene rings is 2. The van der Waals surface area contributed by atoms with Crippen LogP contribution in [0.1, 0.15) is 33.4 Å². The molecule has 1 heterocycles. The Morgan fingerprint density at radius 2 is 1.79 bits per heavy atom. The summed E-state index contributed by atoms with van der Waals surface area (Å²) in [6.07, 6.45) is 1.55. The third-order valence-electron chi connectivity index (χ3n) is 4.43. The molecule has 0 aliphatic rings. The molecule has 0 aliphatic carbocycles. The maximum atomic E-state index is 12.5. The van der Waals surface area contributed by atoms with Gasteiger partial charge >= 0.3 is 0 Å². The van der Waals surface area contributed by atoms with Gasteiger partial charge in [-0.25, -0.2) is 0 Å². The molecule has 1 aromatic heterocycles. The van der Waals surface area contributed by atoms with Gasteiger partial charge in [-0.2, -0.15) is 0 Å². The highest BCUT2D eigenvalue weighted by Crippen LogP contribution is 2.13. The molecular formula is C24H25N3O5S. The summed E-state index contributed by atoms with van der Waals surface area (Å²) in [7, 11) is 0. The van der Waals surface area contributed by atoms with Crippen molar-refractivity contribution in [2.24, 2.45) is 0 Å². The van der Waals surface area contributed by atoms with Crippen molar-refractivity contribution in [2.45, 2.75) is 13.5 Å². The first-order chi connectivity index (χ1) is 16.0. The van der Waals surface area contributed by atoms with Crippen molar-refractivity contribution >= 4 is 34.8 Å². The number of ether oxygens (including phenoxy) is 2. The van der Waals surface area contributed by atoms with Crippen molar-refractivity contribution in [2.75, 3.05) is 25.1 Å². The maximum absolute atomic E-state index is 12.5. The van der Waals surface area contributed by atoms with E-state index in [-0.39, 0.29) is 23.5 Å². The summed E-state index contributed by atoms with van der Waals surface area (Å²) in [6, 6.07) is 17.1. The van der Waals surface area contributed by atoms with Crippen LogP contribution >= 0.6 is 12.2 Å². The highest BCUT2D eigenvalue weighted by atomic mass is 32.1. The SMILES string of the molecule is CCOCCOc1ccc(C(=O)NC(=S)Nc2cccc(C(=O)NCc3ccco3)c2)cc1. The number of carbonyl (C=O) groups excluding carboxylic acids is 2. The highest BCUT2D eigenvalue weighted by molar-refractivity contribution is 7.80. The average molecular weight is 468 g/mol. The molecule has 2 amide bonds. The predicted molar refractivity (Wildman–Crippen MR) is 128 cm³/mol. The molecule has 2 aromatic carbocycles. The minimum absolute atomic E-state index is 0.116. The number of amides is 2. The van der Waals surface area contributed by atoms with E-state index in [2.05, 4.69) is 16.0 Å². The summed E-state index contributed by atoms with van der Waals surface area (Å²) in [5.41, 5.74) is 1.45. The lowest BCUT2D eigenvalue weighted by molar-refractivity contribution is 0.0946. The van der Waals surface area contributed by atoms with Crippen LogP contribution in [0.2, 0.25) is 0 Å². The molecule has 0 atom stereocenters. The Morgan fingerprint density at radius 1 is 0.970 bits per heavy atom. The summed E-state index contributed by atoms with van der Waals surface area (Å²) < 4.78 is 16.0. The van der Waals surface area contributed by atoms with E-state index < -0.39 is 0 Å². The van der Waals surface area contributed by atoms with E-state index >= 15 is 0 Å². The smallest absolute Gasteiger partial charge is 0.257 e. The third kappa shape index (κ3) is 7.74. The molecule has 3 aromatic rings. The average Bonchev–Trinajstić information content (AvgIpc) is 3.34. The van der Waals surface area contributed by atoms with Crippen LogP contribution in [0.25, 0.3) is 0 Å². The molecule has 33 heavy (non-hydrogen) atoms. The van der Waals surface area contributed by atoms with Crippen molar-refractivity contribution in [1.29, 1.82) is 0 Å². The van der Waals surface area contributed by atoms with Crippen LogP contribution in [0.15, 0.2) is 71.3 Å². The van der Waals surface area contributed by atoms with Crippen LogP contribution in [-0.4, -0.2) is 36.7 Å². The molecule has 8 nitrogen and oxygen atoms in total. The number of anilines is 1. The van der Waals surface area contributed by atoms with Gasteiger partial charge in [0.15, 0.2) is 5.11 Å². The molecular weight excluding hydrogens is 442 g/mol. The minimum Gasteiger partial charge on any atom is -0.491 e. The Kier molecular flexibility index (Phi) is 8.98. The number of nitrogens with one attached hydrogen (secondary N) is 3. The summed E-state index contributed by atoms with van der Waals surface area (Å²) in [4.78, 5) is 24.8. The first-order valence-corrected chi connectivity index (χ1v) is 10.8. The molecule has 0 bridgehead atoms. The minimum atomic E-state index is -0.360. The lowest BCUT2D eigenvalue weighted by Crippen LogP contribution is -2.34. The number of hydrogen-bond donors (Lipinski definition) is 3. The molecule has 0 saturated heterocycles. The van der Waals surface area contributed by atoms with Crippen molar-refractivity contribution in [3.8, 4) is 5.75 Å². The molecule has 0 fully saturated rings. The number of thiocarbonyl (C=S) groups is 1. The van der Waals surface area contributed by atoms with E-state index in [0.717, 1.165) is 0 Å². The standard InChI is InChI=1S/C24H25N3O5S/c1-2-30-13-14-32-20-10-8-17(9-11-20)23(29)27-24(33)26-19-6-3-5-18(15-19)22(28)25-16-21-7-4-12-31-21/h3-12,15H,2,13-14,16H2,1H3,(H,25,28)(H2,26,27,29,33). The van der Waals surface area contributed by atoms with Gasteiger partial charge in [0.2, 0.25) is 0 Å². The van der Waals surface area contributed by atoms with Crippen molar-refractivity contribution < 1.29 is 23.5 Å². The first kappa shape index (κ1) is 24.0. The van der Waals surface area contributed by atoms with E-state index in [9.17, 15) is 9.59 Å². The fraction of sp³-hybridized carbons (Fsp3) is 0.208. The molecule has 172 valence electrons. The van der Waals surface area contributed by atoms with Crippen molar-refractivity contribution in [3.63, 3.8) is 0 Å². The topological polar surface area (TPSA) is 102 Å². The van der Waals surface area contributed by atoms with Crippen LogP contribution in [0.4, 0.5) is 5.69 Å². The molecule has 0 aliphatic heterocycles. The molecule has 0 unspecified atom stereocenters.